The first-order chi connectivity index (χ1) is 18.2. The normalized spacial score (nSPS) is 36.6. The van der Waals surface area contributed by atoms with Crippen molar-refractivity contribution in [1.82, 2.24) is 0 Å². The Labute approximate surface area is 240 Å². The molecule has 0 bridgehead atoms. The van der Waals surface area contributed by atoms with Gasteiger partial charge in [0.15, 0.2) is 14.1 Å². The van der Waals surface area contributed by atoms with E-state index in [4.69, 9.17) is 9.16 Å². The van der Waals surface area contributed by atoms with Crippen molar-refractivity contribution in [3.05, 3.63) is 11.6 Å². The number of carbonyl (C=O) groups is 2. The molecule has 1 unspecified atom stereocenters. The van der Waals surface area contributed by atoms with E-state index in [0.717, 1.165) is 32.3 Å². The summed E-state index contributed by atoms with van der Waals surface area (Å²) in [6, 6.07) is 0. The van der Waals surface area contributed by atoms with Crippen molar-refractivity contribution >= 4 is 20.1 Å². The largest absolute Gasteiger partial charge is 0.462 e. The Morgan fingerprint density at radius 3 is 2.38 bits per heavy atom. The van der Waals surface area contributed by atoms with Crippen LogP contribution in [0.25, 0.3) is 0 Å². The summed E-state index contributed by atoms with van der Waals surface area (Å²) in [7, 11) is -1.63. The second-order valence-corrected chi connectivity index (χ2v) is 20.5. The van der Waals surface area contributed by atoms with E-state index in [1.807, 2.05) is 0 Å². The predicted octanol–water partition coefficient (Wildman–Crippen LogP) is 9.04. The summed E-state index contributed by atoms with van der Waals surface area (Å²) in [5, 5.41) is 0.284. The van der Waals surface area contributed by atoms with E-state index in [-0.39, 0.29) is 27.9 Å². The molecule has 39 heavy (non-hydrogen) atoms. The molecule has 0 saturated heterocycles. The van der Waals surface area contributed by atoms with Crippen LogP contribution in [0.1, 0.15) is 125 Å². The van der Waals surface area contributed by atoms with Crippen LogP contribution in [0, 0.1) is 34.5 Å². The summed E-state index contributed by atoms with van der Waals surface area (Å²) >= 11 is 0. The Hall–Kier alpha value is -0.943. The summed E-state index contributed by atoms with van der Waals surface area (Å²) in [5.41, 5.74) is 1.75. The summed E-state index contributed by atoms with van der Waals surface area (Å²) in [5.74, 6) is 2.87. The number of carbonyl (C=O) groups excluding carboxylic acids is 2. The van der Waals surface area contributed by atoms with Gasteiger partial charge >= 0.3 is 5.97 Å². The maximum Gasteiger partial charge on any atom is 0.302 e. The number of hydrogen-bond acceptors (Lipinski definition) is 4. The Bertz CT molecular complexity index is 932. The summed E-state index contributed by atoms with van der Waals surface area (Å²) in [4.78, 5) is 24.4. The molecule has 222 valence electrons. The first-order valence-corrected chi connectivity index (χ1v) is 19.1. The zero-order chi connectivity index (χ0) is 28.6. The molecule has 4 aliphatic rings. The third kappa shape index (κ3) is 6.30. The summed E-state index contributed by atoms with van der Waals surface area (Å²) < 4.78 is 12.3. The molecule has 0 aromatic heterocycles. The average Bonchev–Trinajstić information content (AvgIpc) is 3.16. The van der Waals surface area contributed by atoms with E-state index < -0.39 is 8.32 Å². The van der Waals surface area contributed by atoms with Crippen LogP contribution >= 0.6 is 0 Å². The smallest absolute Gasteiger partial charge is 0.302 e. The van der Waals surface area contributed by atoms with E-state index in [1.54, 1.807) is 6.92 Å². The number of esters is 1. The van der Waals surface area contributed by atoms with Gasteiger partial charge in [-0.15, -0.1) is 0 Å². The van der Waals surface area contributed by atoms with E-state index in [9.17, 15) is 9.59 Å². The number of ketones is 1. The Kier molecular flexibility index (Phi) is 9.33. The van der Waals surface area contributed by atoms with Crippen LogP contribution in [0.4, 0.5) is 0 Å². The predicted molar refractivity (Wildman–Crippen MR) is 162 cm³/mol. The maximum absolute atomic E-state index is 12.5. The zero-order valence-corrected chi connectivity index (χ0v) is 27.5. The van der Waals surface area contributed by atoms with Gasteiger partial charge in [0.2, 0.25) is 0 Å². The number of unbranched alkanes of at least 4 members (excludes halogenated alkanes) is 4. The first kappa shape index (κ1) is 31.0. The van der Waals surface area contributed by atoms with E-state index >= 15 is 0 Å². The molecule has 5 heteroatoms. The highest BCUT2D eigenvalue weighted by molar-refractivity contribution is 6.74. The molecule has 0 heterocycles. The first-order valence-electron chi connectivity index (χ1n) is 16.2. The fourth-order valence-corrected chi connectivity index (χ4v) is 10.0. The van der Waals surface area contributed by atoms with Gasteiger partial charge in [0.25, 0.3) is 0 Å². The van der Waals surface area contributed by atoms with Crippen LogP contribution in [-0.2, 0) is 18.8 Å². The molecule has 4 aliphatic carbocycles. The molecular formula is C34H58O4Si. The zero-order valence-electron chi connectivity index (χ0n) is 26.5. The molecular weight excluding hydrogens is 500 g/mol. The van der Waals surface area contributed by atoms with Crippen LogP contribution in [0.2, 0.25) is 18.1 Å². The van der Waals surface area contributed by atoms with Crippen LogP contribution in [-0.4, -0.2) is 32.8 Å². The number of allylic oxidation sites excluding steroid dienone is 1. The van der Waals surface area contributed by atoms with Crippen molar-refractivity contribution in [2.75, 3.05) is 6.61 Å². The lowest BCUT2D eigenvalue weighted by Gasteiger charge is -2.60. The van der Waals surface area contributed by atoms with E-state index in [0.29, 0.717) is 35.9 Å². The molecule has 0 aromatic carbocycles. The number of hydrogen-bond donors (Lipinski definition) is 0. The van der Waals surface area contributed by atoms with Gasteiger partial charge in [-0.05, 0) is 105 Å². The van der Waals surface area contributed by atoms with Crippen molar-refractivity contribution in [3.63, 3.8) is 0 Å². The fraction of sp³-hybridized carbons (Fsp3) is 0.882. The Balaban J connectivity index is 1.37. The van der Waals surface area contributed by atoms with Crippen molar-refractivity contribution in [1.29, 1.82) is 0 Å². The van der Waals surface area contributed by atoms with Gasteiger partial charge in [-0.2, -0.15) is 0 Å². The van der Waals surface area contributed by atoms with Gasteiger partial charge < -0.3 is 9.16 Å². The van der Waals surface area contributed by atoms with Gasteiger partial charge in [0.1, 0.15) is 6.10 Å². The second kappa shape index (κ2) is 11.7. The summed E-state index contributed by atoms with van der Waals surface area (Å²) in [6.45, 7) is 19.0. The van der Waals surface area contributed by atoms with Crippen LogP contribution in [0.5, 0.6) is 0 Å². The van der Waals surface area contributed by atoms with Gasteiger partial charge in [-0.1, -0.05) is 65.9 Å². The molecule has 3 saturated carbocycles. The molecule has 0 aromatic rings. The lowest BCUT2D eigenvalue weighted by molar-refractivity contribution is -0.159. The summed E-state index contributed by atoms with van der Waals surface area (Å²) in [6.07, 6.45) is 17.1. The van der Waals surface area contributed by atoms with Crippen molar-refractivity contribution in [2.24, 2.45) is 34.5 Å². The minimum absolute atomic E-state index is 0.0767. The highest BCUT2D eigenvalue weighted by Crippen LogP contribution is 2.67. The molecule has 7 atom stereocenters. The SMILES string of the molecule is CC(=O)O[C@H]1CC[C@H]2[C@@H]3C(CCCCCCCO[Si](C)(C)C(C)(C)C)CC4=CC(=O)CC[C@]4(C)[C@H]3CC[C@]12C. The standard InChI is InChI=1S/C34H58O4Si/c1-24(35)38-30-16-15-28-31-25(14-12-10-9-11-13-21-37-39(7,8)32(2,3)4)22-26-23-27(36)17-19-33(26,5)29(31)18-20-34(28,30)6/h23,25,28-31H,9-22H2,1-8H3/t25?,28-,29-,30-,31-,33-,34-/m0/s1. The van der Waals surface area contributed by atoms with Gasteiger partial charge in [-0.3, -0.25) is 9.59 Å². The lowest BCUT2D eigenvalue weighted by atomic mass is 9.44. The van der Waals surface area contributed by atoms with Gasteiger partial charge in [0.05, 0.1) is 0 Å². The Morgan fingerprint density at radius 2 is 1.69 bits per heavy atom. The monoisotopic (exact) mass is 558 g/mol. The molecule has 3 fully saturated rings. The van der Waals surface area contributed by atoms with Crippen molar-refractivity contribution < 1.29 is 18.8 Å². The molecule has 0 radical (unpaired) electrons. The van der Waals surface area contributed by atoms with Crippen LogP contribution in [0.3, 0.4) is 0 Å². The van der Waals surface area contributed by atoms with Crippen molar-refractivity contribution in [2.45, 2.75) is 149 Å². The number of fused-ring (bicyclic) bond motifs is 5. The van der Waals surface area contributed by atoms with E-state index in [1.165, 1.54) is 56.9 Å². The minimum atomic E-state index is -1.63. The highest BCUT2D eigenvalue weighted by atomic mass is 28.4. The quantitative estimate of drug-likeness (QED) is 0.152. The highest BCUT2D eigenvalue weighted by Gasteiger charge is 2.61. The van der Waals surface area contributed by atoms with Gasteiger partial charge in [0, 0.05) is 25.4 Å². The number of rotatable bonds is 10. The topological polar surface area (TPSA) is 52.6 Å². The fourth-order valence-electron chi connectivity index (χ4n) is 8.93. The molecule has 0 amide bonds. The molecule has 0 aliphatic heterocycles. The van der Waals surface area contributed by atoms with Crippen molar-refractivity contribution in [3.8, 4) is 0 Å². The molecule has 4 nitrogen and oxygen atoms in total. The molecule has 4 rings (SSSR count). The maximum atomic E-state index is 12.5. The molecule has 0 spiro atoms. The van der Waals surface area contributed by atoms with Gasteiger partial charge in [-0.25, -0.2) is 0 Å². The Morgan fingerprint density at radius 1 is 1.00 bits per heavy atom. The van der Waals surface area contributed by atoms with Crippen LogP contribution in [0.15, 0.2) is 11.6 Å². The third-order valence-corrected chi connectivity index (χ3v) is 16.9. The number of ether oxygens (including phenoxy) is 1. The second-order valence-electron chi connectivity index (χ2n) is 15.7. The lowest BCUT2D eigenvalue weighted by Crippen LogP contribution is -2.54. The third-order valence-electron chi connectivity index (χ3n) is 12.3. The average molecular weight is 559 g/mol. The minimum Gasteiger partial charge on any atom is -0.462 e. The van der Waals surface area contributed by atoms with Crippen LogP contribution < -0.4 is 0 Å². The molecule has 0 N–H and O–H groups in total. The van der Waals surface area contributed by atoms with E-state index in [2.05, 4.69) is 53.8 Å².